The molecule has 6 heteroatoms. The minimum absolute atomic E-state index is 0.108. The molecule has 0 spiro atoms. The lowest BCUT2D eigenvalue weighted by Gasteiger charge is -1.99. The highest BCUT2D eigenvalue weighted by atomic mass is 32.1. The number of fused-ring (bicyclic) bond motifs is 1. The Labute approximate surface area is 147 Å². The monoisotopic (exact) mass is 349 g/mol. The summed E-state index contributed by atoms with van der Waals surface area (Å²) < 4.78 is 7.42. The molecule has 0 fully saturated rings. The molecule has 0 aliphatic heterocycles. The molecule has 2 aromatic heterocycles. The van der Waals surface area contributed by atoms with Crippen molar-refractivity contribution in [1.82, 2.24) is 14.6 Å². The topological polar surface area (TPSA) is 56.5 Å². The standard InChI is InChI=1S/C19H15N3O2S/c1-12-6-8-14(9-7-12)17-20-21-19-22(17)18(23)16(25-19)11-13-4-3-5-15(10-13)24-2/h3-11H,1-2H3/b16-11-. The molecule has 2 heterocycles. The Morgan fingerprint density at radius 3 is 2.68 bits per heavy atom. The van der Waals surface area contributed by atoms with Crippen molar-refractivity contribution < 1.29 is 4.74 Å². The molecule has 25 heavy (non-hydrogen) atoms. The summed E-state index contributed by atoms with van der Waals surface area (Å²) in [5.41, 5.74) is 2.83. The number of methoxy groups -OCH3 is 1. The Bertz CT molecular complexity index is 1160. The molecular formula is C19H15N3O2S. The van der Waals surface area contributed by atoms with Gasteiger partial charge in [-0.2, -0.15) is 0 Å². The van der Waals surface area contributed by atoms with Gasteiger partial charge in [0.2, 0.25) is 4.96 Å². The molecule has 0 radical (unpaired) electrons. The van der Waals surface area contributed by atoms with Crippen LogP contribution < -0.4 is 14.8 Å². The summed E-state index contributed by atoms with van der Waals surface area (Å²) >= 11 is 1.33. The summed E-state index contributed by atoms with van der Waals surface area (Å²) in [6, 6.07) is 15.5. The van der Waals surface area contributed by atoms with E-state index in [0.717, 1.165) is 22.4 Å². The molecule has 4 aromatic rings. The number of hydrogen-bond donors (Lipinski definition) is 0. The van der Waals surface area contributed by atoms with Crippen LogP contribution in [-0.4, -0.2) is 21.7 Å². The van der Waals surface area contributed by atoms with Gasteiger partial charge in [-0.15, -0.1) is 10.2 Å². The zero-order valence-electron chi connectivity index (χ0n) is 13.8. The lowest BCUT2D eigenvalue weighted by atomic mass is 10.1. The van der Waals surface area contributed by atoms with E-state index in [1.54, 1.807) is 11.5 Å². The Balaban J connectivity index is 1.87. The Hall–Kier alpha value is -2.99. The SMILES string of the molecule is COc1cccc(/C=c2\sc3nnc(-c4ccc(C)cc4)n3c2=O)c1. The Morgan fingerprint density at radius 2 is 1.92 bits per heavy atom. The van der Waals surface area contributed by atoms with E-state index in [-0.39, 0.29) is 5.56 Å². The minimum atomic E-state index is -0.108. The van der Waals surface area contributed by atoms with E-state index in [1.807, 2.05) is 61.5 Å². The molecule has 0 saturated heterocycles. The molecule has 0 N–H and O–H groups in total. The van der Waals surface area contributed by atoms with Gasteiger partial charge in [0.25, 0.3) is 5.56 Å². The zero-order valence-corrected chi connectivity index (χ0v) is 14.6. The predicted octanol–water partition coefficient (Wildman–Crippen LogP) is 2.68. The molecule has 0 aliphatic rings. The summed E-state index contributed by atoms with van der Waals surface area (Å²) in [7, 11) is 1.62. The number of aromatic nitrogens is 3. The molecule has 2 aromatic carbocycles. The molecule has 5 nitrogen and oxygen atoms in total. The average Bonchev–Trinajstić information content (AvgIpc) is 3.17. The molecule has 4 rings (SSSR count). The van der Waals surface area contributed by atoms with E-state index in [9.17, 15) is 4.79 Å². The second-order valence-electron chi connectivity index (χ2n) is 5.70. The van der Waals surface area contributed by atoms with Crippen LogP contribution in [0.5, 0.6) is 5.75 Å². The van der Waals surface area contributed by atoms with E-state index >= 15 is 0 Å². The summed E-state index contributed by atoms with van der Waals surface area (Å²) in [6.07, 6.45) is 1.85. The first-order valence-corrected chi connectivity index (χ1v) is 8.58. The van der Waals surface area contributed by atoms with Gasteiger partial charge in [-0.1, -0.05) is 53.3 Å². The van der Waals surface area contributed by atoms with Crippen molar-refractivity contribution >= 4 is 22.4 Å². The van der Waals surface area contributed by atoms with Crippen molar-refractivity contribution in [2.24, 2.45) is 0 Å². The van der Waals surface area contributed by atoms with Gasteiger partial charge < -0.3 is 4.74 Å². The van der Waals surface area contributed by atoms with Gasteiger partial charge in [-0.05, 0) is 30.7 Å². The third-order valence-electron chi connectivity index (χ3n) is 3.95. The Kier molecular flexibility index (Phi) is 3.82. The van der Waals surface area contributed by atoms with E-state index in [1.165, 1.54) is 11.3 Å². The maximum absolute atomic E-state index is 12.8. The summed E-state index contributed by atoms with van der Waals surface area (Å²) in [6.45, 7) is 2.02. The zero-order chi connectivity index (χ0) is 17.4. The minimum Gasteiger partial charge on any atom is -0.497 e. The van der Waals surface area contributed by atoms with Gasteiger partial charge in [0.15, 0.2) is 5.82 Å². The molecule has 0 unspecified atom stereocenters. The fourth-order valence-corrected chi connectivity index (χ4v) is 3.55. The number of benzene rings is 2. The fraction of sp³-hybridized carbons (Fsp3) is 0.105. The number of nitrogens with zero attached hydrogens (tertiary/aromatic N) is 3. The summed E-state index contributed by atoms with van der Waals surface area (Å²) in [5.74, 6) is 1.33. The highest BCUT2D eigenvalue weighted by molar-refractivity contribution is 7.15. The van der Waals surface area contributed by atoms with Crippen LogP contribution in [0.2, 0.25) is 0 Å². The largest absolute Gasteiger partial charge is 0.497 e. The average molecular weight is 349 g/mol. The van der Waals surface area contributed by atoms with E-state index in [4.69, 9.17) is 4.74 Å². The number of aryl methyl sites for hydroxylation is 1. The molecule has 124 valence electrons. The second-order valence-corrected chi connectivity index (χ2v) is 6.71. The quantitative estimate of drug-likeness (QED) is 0.571. The van der Waals surface area contributed by atoms with Crippen LogP contribution in [-0.2, 0) is 0 Å². The van der Waals surface area contributed by atoms with E-state index in [0.29, 0.717) is 15.3 Å². The van der Waals surface area contributed by atoms with E-state index < -0.39 is 0 Å². The second kappa shape index (κ2) is 6.14. The first-order chi connectivity index (χ1) is 12.2. The number of ether oxygens (including phenoxy) is 1. The van der Waals surface area contributed by atoms with Crippen molar-refractivity contribution in [2.75, 3.05) is 7.11 Å². The van der Waals surface area contributed by atoms with Crippen molar-refractivity contribution in [3.05, 3.63) is 74.5 Å². The van der Waals surface area contributed by atoms with Crippen LogP contribution in [0, 0.1) is 6.92 Å². The van der Waals surface area contributed by atoms with Gasteiger partial charge in [0.05, 0.1) is 11.6 Å². The smallest absolute Gasteiger partial charge is 0.276 e. The van der Waals surface area contributed by atoms with Gasteiger partial charge in [-0.25, -0.2) is 4.40 Å². The van der Waals surface area contributed by atoms with E-state index in [2.05, 4.69) is 10.2 Å². The normalized spacial score (nSPS) is 12.0. The van der Waals surface area contributed by atoms with Crippen molar-refractivity contribution in [1.29, 1.82) is 0 Å². The predicted molar refractivity (Wildman–Crippen MR) is 99.1 cm³/mol. The molecule has 0 amide bonds. The third-order valence-corrected chi connectivity index (χ3v) is 4.91. The number of thiazole rings is 1. The third kappa shape index (κ3) is 2.81. The van der Waals surface area contributed by atoms with Gasteiger partial charge in [0.1, 0.15) is 5.75 Å². The van der Waals surface area contributed by atoms with Crippen LogP contribution >= 0.6 is 11.3 Å². The maximum Gasteiger partial charge on any atom is 0.276 e. The number of rotatable bonds is 3. The molecular weight excluding hydrogens is 334 g/mol. The highest BCUT2D eigenvalue weighted by Gasteiger charge is 2.13. The maximum atomic E-state index is 12.8. The number of hydrogen-bond acceptors (Lipinski definition) is 5. The summed E-state index contributed by atoms with van der Waals surface area (Å²) in [5, 5.41) is 8.34. The van der Waals surface area contributed by atoms with Gasteiger partial charge in [0, 0.05) is 5.56 Å². The van der Waals surface area contributed by atoms with Gasteiger partial charge in [-0.3, -0.25) is 4.79 Å². The summed E-state index contributed by atoms with van der Waals surface area (Å²) in [4.78, 5) is 13.4. The van der Waals surface area contributed by atoms with Crippen LogP contribution in [0.4, 0.5) is 0 Å². The first-order valence-electron chi connectivity index (χ1n) is 7.76. The Morgan fingerprint density at radius 1 is 1.12 bits per heavy atom. The molecule has 0 bridgehead atoms. The van der Waals surface area contributed by atoms with Crippen LogP contribution in [0.1, 0.15) is 11.1 Å². The van der Waals surface area contributed by atoms with Gasteiger partial charge >= 0.3 is 0 Å². The van der Waals surface area contributed by atoms with Crippen LogP contribution in [0.15, 0.2) is 53.3 Å². The molecule has 0 aliphatic carbocycles. The van der Waals surface area contributed by atoms with Crippen molar-refractivity contribution in [2.45, 2.75) is 6.92 Å². The lowest BCUT2D eigenvalue weighted by Crippen LogP contribution is -2.23. The van der Waals surface area contributed by atoms with Crippen molar-refractivity contribution in [3.63, 3.8) is 0 Å². The van der Waals surface area contributed by atoms with Crippen molar-refractivity contribution in [3.8, 4) is 17.1 Å². The van der Waals surface area contributed by atoms with Crippen LogP contribution in [0.25, 0.3) is 22.4 Å². The lowest BCUT2D eigenvalue weighted by molar-refractivity contribution is 0.414. The highest BCUT2D eigenvalue weighted by Crippen LogP contribution is 2.18. The fourth-order valence-electron chi connectivity index (χ4n) is 2.63. The first kappa shape index (κ1) is 15.5. The van der Waals surface area contributed by atoms with Crippen LogP contribution in [0.3, 0.4) is 0 Å². The molecule has 0 saturated carbocycles. The molecule has 0 atom stereocenters.